The van der Waals surface area contributed by atoms with Gasteiger partial charge in [-0.05, 0) is 61.8 Å². The molecular formula is C27H41FN2O5. The number of imide groups is 1. The number of nitrogens with zero attached hydrogens (tertiary/aromatic N) is 1. The van der Waals surface area contributed by atoms with Crippen molar-refractivity contribution in [1.82, 2.24) is 10.2 Å². The minimum Gasteiger partial charge on any atom is -0.445 e. The molecule has 2 heterocycles. The van der Waals surface area contributed by atoms with Gasteiger partial charge in [-0.2, -0.15) is 0 Å². The summed E-state index contributed by atoms with van der Waals surface area (Å²) in [4.78, 5) is 41.6. The Kier molecular flexibility index (Phi) is 6.11. The molecule has 0 aromatic rings. The number of piperidine rings is 1. The molecule has 0 radical (unpaired) electrons. The minimum atomic E-state index is -1.12. The number of fused-ring (bicyclic) bond motifs is 2. The van der Waals surface area contributed by atoms with E-state index in [4.69, 9.17) is 4.74 Å². The van der Waals surface area contributed by atoms with Crippen molar-refractivity contribution < 1.29 is 28.6 Å². The second-order valence-electron chi connectivity index (χ2n) is 13.0. The molecule has 3 unspecified atom stereocenters. The number of carbonyl (C=O) groups excluding carboxylic acids is 3. The highest BCUT2D eigenvalue weighted by Crippen LogP contribution is 2.67. The van der Waals surface area contributed by atoms with Crippen LogP contribution in [0.5, 0.6) is 0 Å². The fourth-order valence-electron chi connectivity index (χ4n) is 8.92. The number of Topliss-reactive ketones (excluding diaryl/α,β-unsaturated/α-hetero) is 1. The van der Waals surface area contributed by atoms with Crippen molar-refractivity contribution in [2.45, 2.75) is 78.4 Å². The monoisotopic (exact) mass is 492 g/mol. The summed E-state index contributed by atoms with van der Waals surface area (Å²) in [7, 11) is 0. The Bertz CT molecular complexity index is 914. The summed E-state index contributed by atoms with van der Waals surface area (Å²) in [5.41, 5.74) is -2.25. The zero-order chi connectivity index (χ0) is 25.3. The number of halogens is 1. The zero-order valence-corrected chi connectivity index (χ0v) is 21.5. The number of carbonyl (C=O) groups is 3. The first-order valence-corrected chi connectivity index (χ1v) is 13.5. The third kappa shape index (κ3) is 3.60. The van der Waals surface area contributed by atoms with Crippen molar-refractivity contribution in [3.05, 3.63) is 0 Å². The Morgan fingerprint density at radius 1 is 1.20 bits per heavy atom. The van der Waals surface area contributed by atoms with Crippen LogP contribution in [0.2, 0.25) is 0 Å². The highest BCUT2D eigenvalue weighted by atomic mass is 19.1. The lowest BCUT2D eigenvalue weighted by Gasteiger charge is -2.61. The van der Waals surface area contributed by atoms with Gasteiger partial charge < -0.3 is 14.7 Å². The summed E-state index contributed by atoms with van der Waals surface area (Å²) in [6.45, 7) is 9.59. The molecule has 4 bridgehead atoms. The predicted molar refractivity (Wildman–Crippen MR) is 127 cm³/mol. The first-order valence-electron chi connectivity index (χ1n) is 13.5. The Morgan fingerprint density at radius 2 is 1.94 bits per heavy atom. The molecule has 0 spiro atoms. The fourth-order valence-corrected chi connectivity index (χ4v) is 8.92. The first kappa shape index (κ1) is 25.1. The van der Waals surface area contributed by atoms with E-state index in [9.17, 15) is 23.9 Å². The number of nitrogens with one attached hydrogen (secondary N) is 1. The smallest absolute Gasteiger partial charge is 0.414 e. The number of hydrogen-bond acceptors (Lipinski definition) is 6. The molecule has 2 amide bonds. The summed E-state index contributed by atoms with van der Waals surface area (Å²) >= 11 is 0. The van der Waals surface area contributed by atoms with Gasteiger partial charge in [-0.25, -0.2) is 4.79 Å². The molecule has 5 fully saturated rings. The molecule has 5 aliphatic rings. The van der Waals surface area contributed by atoms with Gasteiger partial charge in [-0.15, -0.1) is 0 Å². The fraction of sp³-hybridized carbons (Fsp3) is 0.889. The van der Waals surface area contributed by atoms with E-state index in [1.54, 1.807) is 6.92 Å². The topological polar surface area (TPSA) is 95.9 Å². The summed E-state index contributed by atoms with van der Waals surface area (Å²) in [6, 6.07) is 0. The van der Waals surface area contributed by atoms with Crippen molar-refractivity contribution >= 4 is 17.8 Å². The van der Waals surface area contributed by atoms with E-state index in [-0.39, 0.29) is 47.7 Å². The number of rotatable bonds is 3. The van der Waals surface area contributed by atoms with Gasteiger partial charge in [-0.3, -0.25) is 19.3 Å². The van der Waals surface area contributed by atoms with Crippen molar-refractivity contribution in [2.75, 3.05) is 26.3 Å². The van der Waals surface area contributed by atoms with E-state index < -0.39 is 41.2 Å². The molecule has 11 atom stereocenters. The molecule has 3 aliphatic carbocycles. The summed E-state index contributed by atoms with van der Waals surface area (Å²) in [5.74, 6) is -0.647. The zero-order valence-electron chi connectivity index (χ0n) is 21.5. The van der Waals surface area contributed by atoms with Gasteiger partial charge in [0.2, 0.25) is 5.91 Å². The molecule has 8 heteroatoms. The van der Waals surface area contributed by atoms with Gasteiger partial charge in [0.15, 0.2) is 0 Å². The average molecular weight is 493 g/mol. The largest absolute Gasteiger partial charge is 0.445 e. The van der Waals surface area contributed by atoms with Gasteiger partial charge in [0.05, 0.1) is 18.7 Å². The minimum absolute atomic E-state index is 0.0702. The van der Waals surface area contributed by atoms with Crippen LogP contribution in [0.15, 0.2) is 0 Å². The summed E-state index contributed by atoms with van der Waals surface area (Å²) in [5, 5.41) is 13.9. The third-order valence-electron chi connectivity index (χ3n) is 11.3. The highest BCUT2D eigenvalue weighted by molar-refractivity contribution is 5.93. The second kappa shape index (κ2) is 8.51. The van der Waals surface area contributed by atoms with Crippen molar-refractivity contribution in [2.24, 2.45) is 45.8 Å². The van der Waals surface area contributed by atoms with Crippen LogP contribution in [-0.2, 0) is 14.3 Å². The SMILES string of the molecule is C[C@@H]1CCC23CCC(=O)C2[C@]1(C)[C@H](OC(=O)NC(=O)[C@H]1CN2CC[C@@H]1C2)C[C@@](C)(CF)[C@@H](O)[C@@H]3C. The lowest BCUT2D eigenvalue weighted by Crippen LogP contribution is -2.64. The number of ketones is 1. The first-order chi connectivity index (χ1) is 16.5. The number of amides is 2. The number of alkyl halides is 1. The lowest BCUT2D eigenvalue weighted by atomic mass is 9.44. The van der Waals surface area contributed by atoms with Crippen LogP contribution in [0.25, 0.3) is 0 Å². The van der Waals surface area contributed by atoms with Gasteiger partial charge >= 0.3 is 6.09 Å². The molecule has 0 aromatic carbocycles. The number of hydrogen-bond donors (Lipinski definition) is 2. The highest BCUT2D eigenvalue weighted by Gasteiger charge is 2.68. The maximum absolute atomic E-state index is 14.6. The Balaban J connectivity index is 1.45. The Hall–Kier alpha value is -1.54. The van der Waals surface area contributed by atoms with Crippen LogP contribution < -0.4 is 5.32 Å². The van der Waals surface area contributed by atoms with Gasteiger partial charge in [0, 0.05) is 36.3 Å². The van der Waals surface area contributed by atoms with Crippen LogP contribution >= 0.6 is 0 Å². The molecule has 5 rings (SSSR count). The Labute approximate surface area is 207 Å². The van der Waals surface area contributed by atoms with E-state index in [1.807, 2.05) is 13.8 Å². The predicted octanol–water partition coefficient (Wildman–Crippen LogP) is 3.34. The van der Waals surface area contributed by atoms with Gasteiger partial charge in [-0.1, -0.05) is 27.7 Å². The lowest BCUT2D eigenvalue weighted by molar-refractivity contribution is -0.200. The van der Waals surface area contributed by atoms with E-state index in [2.05, 4.69) is 17.1 Å². The van der Waals surface area contributed by atoms with Crippen LogP contribution in [-0.4, -0.2) is 66.3 Å². The van der Waals surface area contributed by atoms with Gasteiger partial charge in [0.1, 0.15) is 11.9 Å². The van der Waals surface area contributed by atoms with Crippen LogP contribution in [0.3, 0.4) is 0 Å². The average Bonchev–Trinajstić information content (AvgIpc) is 3.55. The molecule has 35 heavy (non-hydrogen) atoms. The Morgan fingerprint density at radius 3 is 2.57 bits per heavy atom. The van der Waals surface area contributed by atoms with E-state index in [0.717, 1.165) is 32.4 Å². The van der Waals surface area contributed by atoms with E-state index >= 15 is 0 Å². The number of aliphatic hydroxyl groups is 1. The molecule has 3 saturated carbocycles. The number of ether oxygens (including phenoxy) is 1. The normalized spacial score (nSPS) is 50.9. The molecule has 2 N–H and O–H groups in total. The molecular weight excluding hydrogens is 451 g/mol. The molecule has 196 valence electrons. The molecule has 2 aliphatic heterocycles. The summed E-state index contributed by atoms with van der Waals surface area (Å²) in [6.07, 6.45) is 1.27. The van der Waals surface area contributed by atoms with Crippen molar-refractivity contribution in [1.29, 1.82) is 0 Å². The third-order valence-corrected chi connectivity index (χ3v) is 11.3. The number of alkyl carbamates (subject to hydrolysis) is 1. The summed E-state index contributed by atoms with van der Waals surface area (Å²) < 4.78 is 20.6. The quantitative estimate of drug-likeness (QED) is 0.627. The maximum Gasteiger partial charge on any atom is 0.414 e. The van der Waals surface area contributed by atoms with Gasteiger partial charge in [0.25, 0.3) is 0 Å². The van der Waals surface area contributed by atoms with Crippen LogP contribution in [0, 0.1) is 45.8 Å². The maximum atomic E-state index is 14.6. The van der Waals surface area contributed by atoms with E-state index in [1.165, 1.54) is 0 Å². The van der Waals surface area contributed by atoms with Crippen molar-refractivity contribution in [3.63, 3.8) is 0 Å². The second-order valence-corrected chi connectivity index (χ2v) is 13.0. The number of aliphatic hydroxyl groups excluding tert-OH is 1. The molecule has 0 aromatic heterocycles. The van der Waals surface area contributed by atoms with Crippen LogP contribution in [0.1, 0.15) is 66.2 Å². The molecule has 2 saturated heterocycles. The standard InChI is InChI=1S/C27H41FN2O5/c1-15-5-8-27-9-6-19(31)21(27)26(15,4)20(11-25(3,14-28)22(32)16(27)2)35-24(34)29-23(33)18-13-30-10-7-17(18)12-30/h15-18,20-22,32H,5-14H2,1-4H3,(H,29,33,34)/t15-,16+,17-,18+,20-,21?,22+,25+,26+,27?/m1/s1. The van der Waals surface area contributed by atoms with Crippen molar-refractivity contribution in [3.8, 4) is 0 Å². The van der Waals surface area contributed by atoms with Crippen LogP contribution in [0.4, 0.5) is 9.18 Å². The molecule has 7 nitrogen and oxygen atoms in total. The van der Waals surface area contributed by atoms with E-state index in [0.29, 0.717) is 19.4 Å².